The minimum atomic E-state index is -0.958. The first-order valence-corrected chi connectivity index (χ1v) is 12.2. The molecule has 180 valence electrons. The van der Waals surface area contributed by atoms with E-state index in [4.69, 9.17) is 33.4 Å². The molecule has 5 atom stereocenters. The third-order valence-corrected chi connectivity index (χ3v) is 7.34. The zero-order valence-corrected chi connectivity index (χ0v) is 20.8. The van der Waals surface area contributed by atoms with E-state index in [1.54, 1.807) is 22.2 Å². The molecule has 2 aliphatic rings. The summed E-state index contributed by atoms with van der Waals surface area (Å²) < 4.78 is 0. The van der Waals surface area contributed by atoms with Crippen molar-refractivity contribution < 1.29 is 10.2 Å². The summed E-state index contributed by atoms with van der Waals surface area (Å²) in [6, 6.07) is 24.4. The maximum Gasteiger partial charge on any atom is 0.156 e. The van der Waals surface area contributed by atoms with Crippen molar-refractivity contribution in [2.45, 2.75) is 32.2 Å². The number of nitrogens with zero attached hydrogens (tertiary/aromatic N) is 4. The highest BCUT2D eigenvalue weighted by molar-refractivity contribution is 6.35. The summed E-state index contributed by atoms with van der Waals surface area (Å²) in [5.41, 5.74) is 3.83. The molecule has 5 rings (SSSR count). The highest BCUT2D eigenvalue weighted by Gasteiger charge is 2.50. The molecule has 6 nitrogen and oxygen atoms in total. The summed E-state index contributed by atoms with van der Waals surface area (Å²) in [5, 5.41) is 36.8. The highest BCUT2D eigenvalue weighted by Crippen LogP contribution is 2.47. The fourth-order valence-electron chi connectivity index (χ4n) is 5.18. The van der Waals surface area contributed by atoms with Crippen LogP contribution in [0.5, 0.6) is 0 Å². The van der Waals surface area contributed by atoms with Gasteiger partial charge in [-0.2, -0.15) is 10.2 Å². The van der Waals surface area contributed by atoms with Crippen molar-refractivity contribution in [2.75, 3.05) is 10.0 Å². The number of benzene rings is 3. The maximum atomic E-state index is 11.6. The Kier molecular flexibility index (Phi) is 6.55. The first-order chi connectivity index (χ1) is 16.9. The molecule has 2 aliphatic heterocycles. The summed E-state index contributed by atoms with van der Waals surface area (Å²) in [5.74, 6) is -1.32. The Hall–Kier alpha value is -2.90. The average molecular weight is 509 g/mol. The van der Waals surface area contributed by atoms with Crippen molar-refractivity contribution in [2.24, 2.45) is 22.0 Å². The van der Waals surface area contributed by atoms with Crippen LogP contribution in [-0.4, -0.2) is 34.1 Å². The lowest BCUT2D eigenvalue weighted by Gasteiger charge is -2.36. The van der Waals surface area contributed by atoms with E-state index < -0.39 is 30.2 Å². The van der Waals surface area contributed by atoms with Crippen LogP contribution in [0.25, 0.3) is 0 Å². The third-order valence-electron chi connectivity index (χ3n) is 6.78. The Balaban J connectivity index is 1.59. The Labute approximate surface area is 214 Å². The van der Waals surface area contributed by atoms with Crippen molar-refractivity contribution in [3.05, 3.63) is 94.5 Å². The van der Waals surface area contributed by atoms with Gasteiger partial charge in [-0.25, -0.2) is 10.0 Å². The molecule has 0 aliphatic carbocycles. The highest BCUT2D eigenvalue weighted by atomic mass is 35.5. The summed E-state index contributed by atoms with van der Waals surface area (Å²) in [7, 11) is 0. The molecule has 2 N–H and O–H groups in total. The number of aliphatic hydroxyl groups excluding tert-OH is 2. The molecule has 0 fully saturated rings. The average Bonchev–Trinajstić information content (AvgIpc) is 3.32. The van der Waals surface area contributed by atoms with Crippen LogP contribution in [0.3, 0.4) is 0 Å². The SMILES string of the molecule is CC1=NN(c2ccccc2)[C@@H](O)[C@H]1C(c1ccc(Cl)cc1Cl)[C@@H]1C(C)=NN(c2ccccc2)[C@@H]1O. The standard InChI is InChI=1S/C27H26Cl2N4O2/c1-16-23(26(34)32(30-16)19-9-5-3-6-10-19)25(21-14-13-18(28)15-22(21)29)24-17(2)31-33(27(24)35)20-11-7-4-8-12-20/h3-15,23-27,34-35H,1-2H3/t23-,24+,25?,26+,27-. The summed E-state index contributed by atoms with van der Waals surface area (Å²) >= 11 is 12.9. The quantitative estimate of drug-likeness (QED) is 0.460. The molecule has 1 unspecified atom stereocenters. The number of hydrogen-bond acceptors (Lipinski definition) is 6. The van der Waals surface area contributed by atoms with Gasteiger partial charge in [-0.05, 0) is 55.8 Å². The Morgan fingerprint density at radius 1 is 0.714 bits per heavy atom. The molecule has 0 aromatic heterocycles. The molecule has 3 aromatic carbocycles. The molecule has 3 aromatic rings. The second kappa shape index (κ2) is 9.63. The number of hydrogen-bond donors (Lipinski definition) is 2. The van der Waals surface area contributed by atoms with Gasteiger partial charge >= 0.3 is 0 Å². The molecular formula is C27H26Cl2N4O2. The van der Waals surface area contributed by atoms with Crippen LogP contribution in [0.4, 0.5) is 11.4 Å². The van der Waals surface area contributed by atoms with Crippen molar-refractivity contribution in [3.63, 3.8) is 0 Å². The number of halogens is 2. The summed E-state index contributed by atoms with van der Waals surface area (Å²) in [6.07, 6.45) is -1.92. The largest absolute Gasteiger partial charge is 0.371 e. The predicted octanol–water partition coefficient (Wildman–Crippen LogP) is 5.74. The zero-order valence-electron chi connectivity index (χ0n) is 19.3. The smallest absolute Gasteiger partial charge is 0.156 e. The van der Waals surface area contributed by atoms with Crippen LogP contribution in [0.15, 0.2) is 89.1 Å². The molecule has 0 saturated heterocycles. The van der Waals surface area contributed by atoms with E-state index in [0.717, 1.165) is 28.4 Å². The van der Waals surface area contributed by atoms with Crippen molar-refractivity contribution in [1.29, 1.82) is 0 Å². The van der Waals surface area contributed by atoms with E-state index in [9.17, 15) is 10.2 Å². The molecule has 35 heavy (non-hydrogen) atoms. The number of rotatable bonds is 5. The van der Waals surface area contributed by atoms with E-state index in [1.165, 1.54) is 0 Å². The van der Waals surface area contributed by atoms with Gasteiger partial charge in [0.15, 0.2) is 12.5 Å². The molecule has 2 heterocycles. The van der Waals surface area contributed by atoms with Crippen molar-refractivity contribution >= 4 is 46.0 Å². The van der Waals surface area contributed by atoms with E-state index in [0.29, 0.717) is 10.0 Å². The Bertz CT molecular complexity index is 1200. The fourth-order valence-corrected chi connectivity index (χ4v) is 5.72. The summed E-state index contributed by atoms with van der Waals surface area (Å²) in [4.78, 5) is 0. The topological polar surface area (TPSA) is 71.7 Å². The second-order valence-electron chi connectivity index (χ2n) is 8.91. The monoisotopic (exact) mass is 508 g/mol. The molecule has 8 heteroatoms. The van der Waals surface area contributed by atoms with Crippen molar-refractivity contribution in [1.82, 2.24) is 0 Å². The lowest BCUT2D eigenvalue weighted by Crippen LogP contribution is -2.44. The van der Waals surface area contributed by atoms with E-state index in [2.05, 4.69) is 0 Å². The van der Waals surface area contributed by atoms with E-state index >= 15 is 0 Å². The lowest BCUT2D eigenvalue weighted by atomic mass is 9.72. The molecule has 0 saturated carbocycles. The van der Waals surface area contributed by atoms with Gasteiger partial charge in [0, 0.05) is 27.4 Å². The Morgan fingerprint density at radius 2 is 1.17 bits per heavy atom. The zero-order chi connectivity index (χ0) is 24.7. The minimum absolute atomic E-state index is 0.417. The Morgan fingerprint density at radius 3 is 1.60 bits per heavy atom. The number of aliphatic hydroxyl groups is 2. The van der Waals surface area contributed by atoms with Crippen LogP contribution < -0.4 is 10.0 Å². The van der Waals surface area contributed by atoms with Gasteiger partial charge in [-0.1, -0.05) is 65.7 Å². The molecule has 0 amide bonds. The van der Waals surface area contributed by atoms with Gasteiger partial charge in [0.05, 0.1) is 23.2 Å². The molecular weight excluding hydrogens is 483 g/mol. The van der Waals surface area contributed by atoms with Gasteiger partial charge in [-0.3, -0.25) is 0 Å². The predicted molar refractivity (Wildman–Crippen MR) is 142 cm³/mol. The first kappa shape index (κ1) is 23.8. The lowest BCUT2D eigenvalue weighted by molar-refractivity contribution is 0.0886. The van der Waals surface area contributed by atoms with Gasteiger partial charge in [-0.15, -0.1) is 0 Å². The van der Waals surface area contributed by atoms with Gasteiger partial charge in [0.25, 0.3) is 0 Å². The van der Waals surface area contributed by atoms with Crippen LogP contribution in [0, 0.1) is 11.8 Å². The third kappa shape index (κ3) is 4.32. The van der Waals surface area contributed by atoms with Crippen LogP contribution in [0.2, 0.25) is 10.0 Å². The van der Waals surface area contributed by atoms with E-state index in [1.807, 2.05) is 80.6 Å². The molecule has 0 spiro atoms. The van der Waals surface area contributed by atoms with E-state index in [-0.39, 0.29) is 0 Å². The minimum Gasteiger partial charge on any atom is -0.371 e. The van der Waals surface area contributed by atoms with Crippen LogP contribution in [0.1, 0.15) is 25.3 Å². The van der Waals surface area contributed by atoms with Crippen LogP contribution in [-0.2, 0) is 0 Å². The normalized spacial score (nSPS) is 25.0. The number of para-hydroxylation sites is 2. The van der Waals surface area contributed by atoms with Gasteiger partial charge < -0.3 is 10.2 Å². The number of anilines is 2. The van der Waals surface area contributed by atoms with Gasteiger partial charge in [0.2, 0.25) is 0 Å². The molecule has 0 bridgehead atoms. The van der Waals surface area contributed by atoms with Crippen molar-refractivity contribution in [3.8, 4) is 0 Å². The fraction of sp³-hybridized carbons (Fsp3) is 0.259. The summed E-state index contributed by atoms with van der Waals surface area (Å²) in [6.45, 7) is 3.80. The first-order valence-electron chi connectivity index (χ1n) is 11.5. The van der Waals surface area contributed by atoms with Gasteiger partial charge in [0.1, 0.15) is 0 Å². The molecule has 0 radical (unpaired) electrons. The van der Waals surface area contributed by atoms with Crippen LogP contribution >= 0.6 is 23.2 Å². The second-order valence-corrected chi connectivity index (χ2v) is 9.76. The maximum absolute atomic E-state index is 11.6. The number of hydrazone groups is 2.